The molecular formula is C18H19ClINO3. The van der Waals surface area contributed by atoms with E-state index in [1.54, 1.807) is 24.3 Å². The second-order valence-corrected chi connectivity index (χ2v) is 6.57. The SMILES string of the molecule is CCCOc1c(I)cc(C(=O)Nc2ccccc2Cl)cc1OCC. The highest BCUT2D eigenvalue weighted by Gasteiger charge is 2.16. The number of ether oxygens (including phenoxy) is 2. The molecule has 0 spiro atoms. The first kappa shape index (κ1) is 18.9. The quantitative estimate of drug-likeness (QED) is 0.565. The maximum Gasteiger partial charge on any atom is 0.255 e. The van der Waals surface area contributed by atoms with Crippen molar-refractivity contribution in [2.45, 2.75) is 20.3 Å². The lowest BCUT2D eigenvalue weighted by molar-refractivity contribution is 0.102. The number of rotatable bonds is 7. The highest BCUT2D eigenvalue weighted by atomic mass is 127. The first-order chi connectivity index (χ1) is 11.6. The number of halogens is 2. The fraction of sp³-hybridized carbons (Fsp3) is 0.278. The Kier molecular flexibility index (Phi) is 7.17. The molecule has 2 aromatic rings. The van der Waals surface area contributed by atoms with Crippen molar-refractivity contribution in [2.24, 2.45) is 0 Å². The molecule has 0 heterocycles. The summed E-state index contributed by atoms with van der Waals surface area (Å²) in [5.74, 6) is 1.000. The van der Waals surface area contributed by atoms with E-state index in [-0.39, 0.29) is 5.91 Å². The molecule has 6 heteroatoms. The molecule has 0 aliphatic carbocycles. The van der Waals surface area contributed by atoms with Crippen LogP contribution in [0.25, 0.3) is 0 Å². The molecule has 0 saturated heterocycles. The van der Waals surface area contributed by atoms with E-state index in [2.05, 4.69) is 27.9 Å². The molecule has 0 aromatic heterocycles. The summed E-state index contributed by atoms with van der Waals surface area (Å²) >= 11 is 8.24. The maximum absolute atomic E-state index is 12.5. The van der Waals surface area contributed by atoms with Crippen LogP contribution in [0.4, 0.5) is 5.69 Å². The Hall–Kier alpha value is -1.47. The zero-order valence-corrected chi connectivity index (χ0v) is 16.5. The first-order valence-electron chi connectivity index (χ1n) is 7.71. The molecule has 2 aromatic carbocycles. The summed E-state index contributed by atoms with van der Waals surface area (Å²) in [6.07, 6.45) is 0.899. The molecule has 0 saturated carbocycles. The molecule has 0 atom stereocenters. The topological polar surface area (TPSA) is 47.6 Å². The van der Waals surface area contributed by atoms with E-state index in [0.717, 1.165) is 9.99 Å². The summed E-state index contributed by atoms with van der Waals surface area (Å²) in [6.45, 7) is 5.03. The van der Waals surface area contributed by atoms with E-state index in [0.29, 0.717) is 41.0 Å². The Morgan fingerprint density at radius 1 is 1.21 bits per heavy atom. The molecule has 0 aliphatic heterocycles. The van der Waals surface area contributed by atoms with Crippen molar-refractivity contribution in [3.8, 4) is 11.5 Å². The Morgan fingerprint density at radius 2 is 1.96 bits per heavy atom. The monoisotopic (exact) mass is 459 g/mol. The normalized spacial score (nSPS) is 10.3. The van der Waals surface area contributed by atoms with Crippen LogP contribution in [-0.4, -0.2) is 19.1 Å². The van der Waals surface area contributed by atoms with Gasteiger partial charge in [-0.3, -0.25) is 4.79 Å². The van der Waals surface area contributed by atoms with Gasteiger partial charge in [-0.2, -0.15) is 0 Å². The van der Waals surface area contributed by atoms with Crippen LogP contribution in [0.1, 0.15) is 30.6 Å². The van der Waals surface area contributed by atoms with Crippen LogP contribution in [-0.2, 0) is 0 Å². The van der Waals surface area contributed by atoms with Crippen molar-refractivity contribution in [1.82, 2.24) is 0 Å². The Morgan fingerprint density at radius 3 is 2.62 bits per heavy atom. The first-order valence-corrected chi connectivity index (χ1v) is 9.17. The second-order valence-electron chi connectivity index (χ2n) is 5.00. The van der Waals surface area contributed by atoms with Gasteiger partial charge in [-0.05, 0) is 60.2 Å². The third kappa shape index (κ3) is 4.77. The molecule has 4 nitrogen and oxygen atoms in total. The number of nitrogens with one attached hydrogen (secondary N) is 1. The van der Waals surface area contributed by atoms with E-state index in [4.69, 9.17) is 21.1 Å². The molecule has 1 N–H and O–H groups in total. The van der Waals surface area contributed by atoms with Crippen LogP contribution < -0.4 is 14.8 Å². The van der Waals surface area contributed by atoms with Gasteiger partial charge in [0.25, 0.3) is 5.91 Å². The Balaban J connectivity index is 2.29. The van der Waals surface area contributed by atoms with Gasteiger partial charge >= 0.3 is 0 Å². The summed E-state index contributed by atoms with van der Waals surface area (Å²) in [6, 6.07) is 10.6. The lowest BCUT2D eigenvalue weighted by atomic mass is 10.1. The number of carbonyl (C=O) groups excluding carboxylic acids is 1. The highest BCUT2D eigenvalue weighted by Crippen LogP contribution is 2.35. The van der Waals surface area contributed by atoms with E-state index >= 15 is 0 Å². The number of carbonyl (C=O) groups is 1. The smallest absolute Gasteiger partial charge is 0.255 e. The van der Waals surface area contributed by atoms with Crippen molar-refractivity contribution in [1.29, 1.82) is 0 Å². The van der Waals surface area contributed by atoms with Crippen LogP contribution >= 0.6 is 34.2 Å². The van der Waals surface area contributed by atoms with E-state index in [1.807, 2.05) is 26.0 Å². The third-order valence-electron chi connectivity index (χ3n) is 3.14. The van der Waals surface area contributed by atoms with Crippen molar-refractivity contribution in [2.75, 3.05) is 18.5 Å². The standard InChI is InChI=1S/C18H19ClINO3/c1-3-9-24-17-14(20)10-12(11-16(17)23-4-2)18(22)21-15-8-6-5-7-13(15)19/h5-8,10-11H,3-4,9H2,1-2H3,(H,21,22). The van der Waals surface area contributed by atoms with Crippen LogP contribution in [0.3, 0.4) is 0 Å². The minimum Gasteiger partial charge on any atom is -0.490 e. The fourth-order valence-corrected chi connectivity index (χ4v) is 3.00. The molecule has 2 rings (SSSR count). The van der Waals surface area contributed by atoms with Gasteiger partial charge in [0.1, 0.15) is 0 Å². The Labute approximate surface area is 160 Å². The lowest BCUT2D eigenvalue weighted by Gasteiger charge is -2.15. The zero-order valence-electron chi connectivity index (χ0n) is 13.6. The minimum absolute atomic E-state index is 0.246. The maximum atomic E-state index is 12.5. The van der Waals surface area contributed by atoms with Crippen LogP contribution in [0, 0.1) is 3.57 Å². The predicted octanol–water partition coefficient (Wildman–Crippen LogP) is 5.38. The number of hydrogen-bond donors (Lipinski definition) is 1. The zero-order chi connectivity index (χ0) is 17.5. The molecular weight excluding hydrogens is 441 g/mol. The largest absolute Gasteiger partial charge is 0.490 e. The Bertz CT molecular complexity index is 721. The average Bonchev–Trinajstić information content (AvgIpc) is 2.56. The molecule has 0 unspecified atom stereocenters. The third-order valence-corrected chi connectivity index (χ3v) is 4.28. The second kappa shape index (κ2) is 9.13. The summed E-state index contributed by atoms with van der Waals surface area (Å²) < 4.78 is 12.2. The number of para-hydroxylation sites is 1. The molecule has 0 fully saturated rings. The van der Waals surface area contributed by atoms with E-state index in [1.165, 1.54) is 0 Å². The van der Waals surface area contributed by atoms with Crippen molar-refractivity contribution in [3.05, 3.63) is 50.6 Å². The van der Waals surface area contributed by atoms with Gasteiger partial charge in [-0.15, -0.1) is 0 Å². The summed E-state index contributed by atoms with van der Waals surface area (Å²) in [5, 5.41) is 3.31. The predicted molar refractivity (Wildman–Crippen MR) is 106 cm³/mol. The van der Waals surface area contributed by atoms with Crippen molar-refractivity contribution in [3.63, 3.8) is 0 Å². The van der Waals surface area contributed by atoms with Gasteiger partial charge in [0.05, 0.1) is 27.5 Å². The summed E-state index contributed by atoms with van der Waals surface area (Å²) in [5.41, 5.74) is 1.06. The molecule has 0 aliphatic rings. The fourth-order valence-electron chi connectivity index (χ4n) is 2.06. The molecule has 24 heavy (non-hydrogen) atoms. The van der Waals surface area contributed by atoms with Gasteiger partial charge in [-0.25, -0.2) is 0 Å². The van der Waals surface area contributed by atoms with Crippen LogP contribution in [0.2, 0.25) is 5.02 Å². The highest BCUT2D eigenvalue weighted by molar-refractivity contribution is 14.1. The van der Waals surface area contributed by atoms with Gasteiger partial charge in [0.2, 0.25) is 0 Å². The minimum atomic E-state index is -0.246. The van der Waals surface area contributed by atoms with Crippen molar-refractivity contribution < 1.29 is 14.3 Å². The summed E-state index contributed by atoms with van der Waals surface area (Å²) in [7, 11) is 0. The molecule has 0 radical (unpaired) electrons. The number of benzene rings is 2. The molecule has 128 valence electrons. The lowest BCUT2D eigenvalue weighted by Crippen LogP contribution is -2.13. The van der Waals surface area contributed by atoms with Gasteiger partial charge in [0.15, 0.2) is 11.5 Å². The van der Waals surface area contributed by atoms with E-state index < -0.39 is 0 Å². The molecule has 1 amide bonds. The average molecular weight is 460 g/mol. The van der Waals surface area contributed by atoms with Gasteiger partial charge < -0.3 is 14.8 Å². The van der Waals surface area contributed by atoms with Crippen LogP contribution in [0.15, 0.2) is 36.4 Å². The van der Waals surface area contributed by atoms with E-state index in [9.17, 15) is 4.79 Å². The van der Waals surface area contributed by atoms with Crippen molar-refractivity contribution >= 4 is 45.8 Å². The van der Waals surface area contributed by atoms with Crippen LogP contribution in [0.5, 0.6) is 11.5 Å². The van der Waals surface area contributed by atoms with Gasteiger partial charge in [-0.1, -0.05) is 30.7 Å². The number of anilines is 1. The molecule has 0 bridgehead atoms. The number of hydrogen-bond acceptors (Lipinski definition) is 3. The number of amides is 1. The van der Waals surface area contributed by atoms with Gasteiger partial charge in [0, 0.05) is 5.56 Å². The summed E-state index contributed by atoms with van der Waals surface area (Å²) in [4.78, 5) is 12.5.